The molecule has 0 amide bonds. The van der Waals surface area contributed by atoms with Gasteiger partial charge in [0.25, 0.3) is 0 Å². The van der Waals surface area contributed by atoms with E-state index >= 15 is 0 Å². The van der Waals surface area contributed by atoms with Crippen molar-refractivity contribution >= 4 is 0 Å². The van der Waals surface area contributed by atoms with Gasteiger partial charge in [-0.15, -0.1) is 0 Å². The zero-order chi connectivity index (χ0) is 11.3. The molecule has 1 aromatic carbocycles. The number of nitrogens with two attached hydrogens (primary N) is 1. The van der Waals surface area contributed by atoms with Crippen molar-refractivity contribution in [3.8, 4) is 0 Å². The standard InChI is InChI=1S/C13H21NO/c1-3-10-5-7-11(8-6-10)13(15)9-12(14)4-2/h5-8,12-13,15H,3-4,9,14H2,1-2H3. The van der Waals surface area contributed by atoms with Crippen LogP contribution >= 0.6 is 0 Å². The fourth-order valence-corrected chi connectivity index (χ4v) is 1.57. The third-order valence-electron chi connectivity index (χ3n) is 2.82. The highest BCUT2D eigenvalue weighted by Crippen LogP contribution is 2.19. The minimum Gasteiger partial charge on any atom is -0.388 e. The lowest BCUT2D eigenvalue weighted by Gasteiger charge is -2.15. The molecule has 0 heterocycles. The van der Waals surface area contributed by atoms with E-state index in [1.165, 1.54) is 5.56 Å². The van der Waals surface area contributed by atoms with Crippen LogP contribution in [0.15, 0.2) is 24.3 Å². The molecule has 3 N–H and O–H groups in total. The molecule has 1 rings (SSSR count). The molecule has 0 saturated carbocycles. The van der Waals surface area contributed by atoms with Gasteiger partial charge in [0.2, 0.25) is 0 Å². The molecule has 1 aromatic rings. The number of hydrogen-bond acceptors (Lipinski definition) is 2. The van der Waals surface area contributed by atoms with Crippen molar-refractivity contribution in [3.63, 3.8) is 0 Å². The van der Waals surface area contributed by atoms with Crippen molar-refractivity contribution in [2.24, 2.45) is 5.73 Å². The molecule has 0 saturated heterocycles. The minimum atomic E-state index is -0.425. The van der Waals surface area contributed by atoms with Crippen LogP contribution in [0.3, 0.4) is 0 Å². The Morgan fingerprint density at radius 1 is 1.20 bits per heavy atom. The maximum Gasteiger partial charge on any atom is 0.0804 e. The highest BCUT2D eigenvalue weighted by Gasteiger charge is 2.11. The van der Waals surface area contributed by atoms with Gasteiger partial charge < -0.3 is 10.8 Å². The molecule has 2 atom stereocenters. The number of hydrogen-bond donors (Lipinski definition) is 2. The summed E-state index contributed by atoms with van der Waals surface area (Å²) in [4.78, 5) is 0. The Morgan fingerprint density at radius 3 is 2.27 bits per heavy atom. The number of benzene rings is 1. The van der Waals surface area contributed by atoms with E-state index in [9.17, 15) is 5.11 Å². The molecule has 15 heavy (non-hydrogen) atoms. The highest BCUT2D eigenvalue weighted by molar-refractivity contribution is 5.24. The van der Waals surface area contributed by atoms with Crippen LogP contribution < -0.4 is 5.73 Å². The van der Waals surface area contributed by atoms with Gasteiger partial charge in [0.15, 0.2) is 0 Å². The number of aliphatic hydroxyl groups excluding tert-OH is 1. The van der Waals surface area contributed by atoms with Crippen LogP contribution in [0.1, 0.15) is 43.9 Å². The average molecular weight is 207 g/mol. The number of aliphatic hydroxyl groups is 1. The zero-order valence-electron chi connectivity index (χ0n) is 9.61. The van der Waals surface area contributed by atoms with E-state index in [0.29, 0.717) is 6.42 Å². The second-order valence-electron chi connectivity index (χ2n) is 4.01. The maximum atomic E-state index is 9.91. The Bertz CT molecular complexity index is 281. The van der Waals surface area contributed by atoms with Crippen molar-refractivity contribution in [1.82, 2.24) is 0 Å². The largest absolute Gasteiger partial charge is 0.388 e. The molecule has 0 aliphatic carbocycles. The summed E-state index contributed by atoms with van der Waals surface area (Å²) in [7, 11) is 0. The summed E-state index contributed by atoms with van der Waals surface area (Å²) in [5.41, 5.74) is 8.07. The van der Waals surface area contributed by atoms with E-state index in [1.807, 2.05) is 19.1 Å². The van der Waals surface area contributed by atoms with Crippen molar-refractivity contribution in [3.05, 3.63) is 35.4 Å². The van der Waals surface area contributed by atoms with E-state index in [2.05, 4.69) is 19.1 Å². The van der Waals surface area contributed by atoms with Crippen LogP contribution in [-0.4, -0.2) is 11.1 Å². The van der Waals surface area contributed by atoms with Crippen molar-refractivity contribution in [2.75, 3.05) is 0 Å². The predicted octanol–water partition coefficient (Wildman–Crippen LogP) is 2.41. The summed E-state index contributed by atoms with van der Waals surface area (Å²) < 4.78 is 0. The van der Waals surface area contributed by atoms with Gasteiger partial charge in [0.1, 0.15) is 0 Å². The summed E-state index contributed by atoms with van der Waals surface area (Å²) in [5.74, 6) is 0. The van der Waals surface area contributed by atoms with E-state index < -0.39 is 6.10 Å². The van der Waals surface area contributed by atoms with E-state index in [4.69, 9.17) is 5.73 Å². The lowest BCUT2D eigenvalue weighted by atomic mass is 10.00. The lowest BCUT2D eigenvalue weighted by molar-refractivity contribution is 0.157. The smallest absolute Gasteiger partial charge is 0.0804 e. The van der Waals surface area contributed by atoms with Gasteiger partial charge in [-0.1, -0.05) is 38.1 Å². The molecular weight excluding hydrogens is 186 g/mol. The molecule has 0 aliphatic rings. The third-order valence-corrected chi connectivity index (χ3v) is 2.82. The summed E-state index contributed by atoms with van der Waals surface area (Å²) >= 11 is 0. The van der Waals surface area contributed by atoms with Gasteiger partial charge in [-0.25, -0.2) is 0 Å². The normalized spacial score (nSPS) is 14.9. The first-order valence-corrected chi connectivity index (χ1v) is 5.69. The molecule has 0 bridgehead atoms. The lowest BCUT2D eigenvalue weighted by Crippen LogP contribution is -2.21. The first-order chi connectivity index (χ1) is 7.17. The molecule has 0 fully saturated rings. The summed E-state index contributed by atoms with van der Waals surface area (Å²) in [6, 6.07) is 8.20. The molecule has 0 aliphatic heterocycles. The van der Waals surface area contributed by atoms with Crippen molar-refractivity contribution < 1.29 is 5.11 Å². The quantitative estimate of drug-likeness (QED) is 0.779. The third kappa shape index (κ3) is 3.65. The summed E-state index contributed by atoms with van der Waals surface area (Å²) in [5, 5.41) is 9.91. The predicted molar refractivity (Wildman–Crippen MR) is 63.7 cm³/mol. The first kappa shape index (κ1) is 12.2. The van der Waals surface area contributed by atoms with Crippen LogP contribution in [0.5, 0.6) is 0 Å². The molecule has 84 valence electrons. The average Bonchev–Trinajstić information content (AvgIpc) is 2.29. The fourth-order valence-electron chi connectivity index (χ4n) is 1.57. The molecule has 2 unspecified atom stereocenters. The highest BCUT2D eigenvalue weighted by atomic mass is 16.3. The Balaban J connectivity index is 2.61. The number of aryl methyl sites for hydroxylation is 1. The second-order valence-corrected chi connectivity index (χ2v) is 4.01. The van der Waals surface area contributed by atoms with Crippen LogP contribution in [0, 0.1) is 0 Å². The van der Waals surface area contributed by atoms with Gasteiger partial charge >= 0.3 is 0 Å². The monoisotopic (exact) mass is 207 g/mol. The van der Waals surface area contributed by atoms with Crippen LogP contribution in [-0.2, 0) is 6.42 Å². The molecule has 0 spiro atoms. The molecule has 0 aromatic heterocycles. The Labute approximate surface area is 92.1 Å². The van der Waals surface area contributed by atoms with Gasteiger partial charge in [-0.3, -0.25) is 0 Å². The second kappa shape index (κ2) is 5.89. The zero-order valence-corrected chi connectivity index (χ0v) is 9.61. The Hall–Kier alpha value is -0.860. The minimum absolute atomic E-state index is 0.0888. The molecular formula is C13H21NO. The maximum absolute atomic E-state index is 9.91. The van der Waals surface area contributed by atoms with E-state index in [0.717, 1.165) is 18.4 Å². The molecule has 2 heteroatoms. The Morgan fingerprint density at radius 2 is 1.80 bits per heavy atom. The van der Waals surface area contributed by atoms with Gasteiger partial charge in [-0.05, 0) is 30.4 Å². The van der Waals surface area contributed by atoms with Crippen molar-refractivity contribution in [1.29, 1.82) is 0 Å². The van der Waals surface area contributed by atoms with Crippen molar-refractivity contribution in [2.45, 2.75) is 45.3 Å². The van der Waals surface area contributed by atoms with Crippen LogP contribution in [0.2, 0.25) is 0 Å². The number of rotatable bonds is 5. The molecule has 0 radical (unpaired) electrons. The van der Waals surface area contributed by atoms with Crippen LogP contribution in [0.4, 0.5) is 0 Å². The fraction of sp³-hybridized carbons (Fsp3) is 0.538. The SMILES string of the molecule is CCc1ccc(C(O)CC(N)CC)cc1. The Kier molecular flexibility index (Phi) is 4.79. The summed E-state index contributed by atoms with van der Waals surface area (Å²) in [6.07, 6.45) is 2.16. The molecule has 2 nitrogen and oxygen atoms in total. The van der Waals surface area contributed by atoms with E-state index in [-0.39, 0.29) is 6.04 Å². The van der Waals surface area contributed by atoms with Gasteiger partial charge in [-0.2, -0.15) is 0 Å². The van der Waals surface area contributed by atoms with Crippen LogP contribution in [0.25, 0.3) is 0 Å². The van der Waals surface area contributed by atoms with E-state index in [1.54, 1.807) is 0 Å². The first-order valence-electron chi connectivity index (χ1n) is 5.69. The topological polar surface area (TPSA) is 46.2 Å². The summed E-state index contributed by atoms with van der Waals surface area (Å²) in [6.45, 7) is 4.16. The van der Waals surface area contributed by atoms with Gasteiger partial charge in [0, 0.05) is 6.04 Å². The van der Waals surface area contributed by atoms with Gasteiger partial charge in [0.05, 0.1) is 6.10 Å².